The van der Waals surface area contributed by atoms with Gasteiger partial charge in [-0.3, -0.25) is 4.79 Å². The van der Waals surface area contributed by atoms with Gasteiger partial charge in [0.15, 0.2) is 5.76 Å². The van der Waals surface area contributed by atoms with E-state index in [9.17, 15) is 4.79 Å². The van der Waals surface area contributed by atoms with Crippen LogP contribution in [0.25, 0.3) is 22.8 Å². The first-order valence-corrected chi connectivity index (χ1v) is 22.1. The highest BCUT2D eigenvalue weighted by molar-refractivity contribution is 5.70. The highest BCUT2D eigenvalue weighted by Crippen LogP contribution is 2.55. The zero-order chi connectivity index (χ0) is 40.7. The summed E-state index contributed by atoms with van der Waals surface area (Å²) in [4.78, 5) is 16.7. The molecule has 1 aliphatic carbocycles. The number of carbonyl (C=O) groups is 1. The second-order valence-electron chi connectivity index (χ2n) is 16.8. The Labute approximate surface area is 344 Å². The Morgan fingerprint density at radius 2 is 1.33 bits per heavy atom. The topological polar surface area (TPSA) is 61.6 Å². The van der Waals surface area contributed by atoms with Crippen molar-refractivity contribution in [3.63, 3.8) is 0 Å². The quantitative estimate of drug-likeness (QED) is 0.0381. The molecule has 0 fully saturated rings. The molecule has 0 aliphatic heterocycles. The van der Waals surface area contributed by atoms with E-state index in [0.717, 1.165) is 54.7 Å². The van der Waals surface area contributed by atoms with E-state index in [1.807, 2.05) is 18.3 Å². The molecule has 1 aromatic heterocycles. The molecule has 5 nitrogen and oxygen atoms in total. The van der Waals surface area contributed by atoms with Crippen LogP contribution in [0.2, 0.25) is 0 Å². The summed E-state index contributed by atoms with van der Waals surface area (Å²) in [5.41, 5.74) is 9.17. The molecular weight excluding hydrogens is 703 g/mol. The van der Waals surface area contributed by atoms with Gasteiger partial charge in [0.2, 0.25) is 5.89 Å². The van der Waals surface area contributed by atoms with Gasteiger partial charge < -0.3 is 13.9 Å². The monoisotopic (exact) mass is 772 g/mol. The largest absolute Gasteiger partial charge is 0.494 e. The van der Waals surface area contributed by atoms with E-state index >= 15 is 0 Å². The molecule has 0 spiro atoms. The summed E-state index contributed by atoms with van der Waals surface area (Å²) >= 11 is 0. The SMILES string of the molecule is C=CC(C=C)OC(=O)CCCCCCCCCCOc1ccc(-c2cnc(-c3ccc4c(c3)C(C)(C)c3ccc(C)cc3C4(CCCCC)CCCCC)o2)cc1. The molecule has 0 radical (unpaired) electrons. The van der Waals surface area contributed by atoms with Gasteiger partial charge in [0.1, 0.15) is 11.9 Å². The number of rotatable bonds is 25. The smallest absolute Gasteiger partial charge is 0.306 e. The van der Waals surface area contributed by atoms with E-state index < -0.39 is 0 Å². The van der Waals surface area contributed by atoms with Crippen LogP contribution in [-0.4, -0.2) is 23.7 Å². The van der Waals surface area contributed by atoms with Crippen LogP contribution in [-0.2, 0) is 20.4 Å². The molecule has 0 saturated carbocycles. The van der Waals surface area contributed by atoms with Gasteiger partial charge in [0.25, 0.3) is 0 Å². The molecule has 4 aromatic rings. The van der Waals surface area contributed by atoms with Gasteiger partial charge in [0, 0.05) is 28.4 Å². The summed E-state index contributed by atoms with van der Waals surface area (Å²) in [6.45, 7) is 19.7. The Kier molecular flexibility index (Phi) is 16.4. The zero-order valence-electron chi connectivity index (χ0n) is 35.8. The summed E-state index contributed by atoms with van der Waals surface area (Å²) < 4.78 is 17.8. The molecule has 0 N–H and O–H groups in total. The number of benzene rings is 3. The van der Waals surface area contributed by atoms with Crippen molar-refractivity contribution in [3.8, 4) is 28.5 Å². The van der Waals surface area contributed by atoms with Crippen LogP contribution in [0.3, 0.4) is 0 Å². The third-order valence-corrected chi connectivity index (χ3v) is 12.2. The predicted octanol–water partition coefficient (Wildman–Crippen LogP) is 14.6. The summed E-state index contributed by atoms with van der Waals surface area (Å²) in [5.74, 6) is 2.12. The number of hydrogen-bond acceptors (Lipinski definition) is 5. The molecule has 5 rings (SSSR count). The molecule has 0 atom stereocenters. The number of aryl methyl sites for hydroxylation is 1. The van der Waals surface area contributed by atoms with Gasteiger partial charge in [-0.05, 0) is 103 Å². The van der Waals surface area contributed by atoms with Gasteiger partial charge in [-0.15, -0.1) is 0 Å². The van der Waals surface area contributed by atoms with E-state index in [2.05, 4.69) is 96.3 Å². The zero-order valence-corrected chi connectivity index (χ0v) is 35.8. The molecule has 5 heteroatoms. The molecule has 1 heterocycles. The standard InChI is InChI=1S/C52H69NO4/c1-8-12-21-33-52(34-22-13-9-2)45-32-28-41(37-46(45)51(6,7)44-31-25-39(5)36-47(44)52)50-53-38-48(57-50)40-26-29-43(30-27-40)55-35-23-19-17-15-14-16-18-20-24-49(54)56-42(10-3)11-4/h10-11,25-32,36-38,42H,3-4,8-9,12-24,33-35H2,1-2,5-7H3. The molecule has 1 aliphatic rings. The van der Waals surface area contributed by atoms with Crippen molar-refractivity contribution in [1.82, 2.24) is 4.98 Å². The highest BCUT2D eigenvalue weighted by Gasteiger charge is 2.46. The summed E-state index contributed by atoms with van der Waals surface area (Å²) in [7, 11) is 0. The molecule has 3 aromatic carbocycles. The first kappa shape index (κ1) is 43.7. The van der Waals surface area contributed by atoms with Crippen molar-refractivity contribution in [2.45, 2.75) is 161 Å². The molecule has 0 unspecified atom stereocenters. The van der Waals surface area contributed by atoms with E-state index in [-0.39, 0.29) is 22.9 Å². The average molecular weight is 772 g/mol. The number of carbonyl (C=O) groups excluding carboxylic acids is 1. The minimum Gasteiger partial charge on any atom is -0.494 e. The summed E-state index contributed by atoms with van der Waals surface area (Å²) in [6.07, 6.45) is 23.8. The molecule has 57 heavy (non-hydrogen) atoms. The van der Waals surface area contributed by atoms with E-state index in [4.69, 9.17) is 18.9 Å². The lowest BCUT2D eigenvalue weighted by molar-refractivity contribution is -0.145. The number of esters is 1. The third-order valence-electron chi connectivity index (χ3n) is 12.2. The number of aromatic nitrogens is 1. The van der Waals surface area contributed by atoms with Crippen molar-refractivity contribution >= 4 is 5.97 Å². The molecular formula is C52H69NO4. The minimum absolute atomic E-state index is 0.0174. The van der Waals surface area contributed by atoms with Crippen LogP contribution in [0.5, 0.6) is 5.75 Å². The van der Waals surface area contributed by atoms with Gasteiger partial charge in [0.05, 0.1) is 12.8 Å². The summed E-state index contributed by atoms with van der Waals surface area (Å²) in [5, 5.41) is 0. The predicted molar refractivity (Wildman–Crippen MR) is 237 cm³/mol. The van der Waals surface area contributed by atoms with Gasteiger partial charge >= 0.3 is 5.97 Å². The Hall–Kier alpha value is -4.38. The Morgan fingerprint density at radius 1 is 0.719 bits per heavy atom. The molecule has 306 valence electrons. The van der Waals surface area contributed by atoms with Crippen molar-refractivity contribution in [3.05, 3.63) is 120 Å². The number of nitrogens with zero attached hydrogens (tertiary/aromatic N) is 1. The second-order valence-corrected chi connectivity index (χ2v) is 16.8. The average Bonchev–Trinajstić information content (AvgIpc) is 3.72. The summed E-state index contributed by atoms with van der Waals surface area (Å²) in [6, 6.07) is 22.4. The normalized spacial score (nSPS) is 13.9. The lowest BCUT2D eigenvalue weighted by atomic mass is 9.55. The lowest BCUT2D eigenvalue weighted by Gasteiger charge is -2.48. The maximum absolute atomic E-state index is 11.9. The fourth-order valence-electron chi connectivity index (χ4n) is 8.80. The van der Waals surface area contributed by atoms with Crippen LogP contribution in [0.15, 0.2) is 96.6 Å². The number of oxazole rings is 1. The van der Waals surface area contributed by atoms with E-state index in [0.29, 0.717) is 18.9 Å². The van der Waals surface area contributed by atoms with Gasteiger partial charge in [-0.25, -0.2) is 4.98 Å². The number of ether oxygens (including phenoxy) is 2. The first-order chi connectivity index (χ1) is 27.7. The van der Waals surface area contributed by atoms with Crippen LogP contribution in [0.1, 0.15) is 165 Å². The maximum Gasteiger partial charge on any atom is 0.306 e. The Morgan fingerprint density at radius 3 is 1.98 bits per heavy atom. The lowest BCUT2D eigenvalue weighted by Crippen LogP contribution is -2.40. The molecule has 0 amide bonds. The van der Waals surface area contributed by atoms with Crippen LogP contribution >= 0.6 is 0 Å². The highest BCUT2D eigenvalue weighted by atomic mass is 16.5. The number of hydrogen-bond donors (Lipinski definition) is 0. The van der Waals surface area contributed by atoms with E-state index in [1.54, 1.807) is 17.7 Å². The second kappa shape index (κ2) is 21.4. The fraction of sp³-hybridized carbons (Fsp3) is 0.500. The first-order valence-electron chi connectivity index (χ1n) is 22.1. The van der Waals surface area contributed by atoms with Crippen molar-refractivity contribution in [1.29, 1.82) is 0 Å². The third kappa shape index (κ3) is 11.2. The number of fused-ring (bicyclic) bond motifs is 2. The maximum atomic E-state index is 11.9. The van der Waals surface area contributed by atoms with Crippen LogP contribution in [0.4, 0.5) is 0 Å². The molecule has 0 bridgehead atoms. The van der Waals surface area contributed by atoms with Crippen molar-refractivity contribution in [2.75, 3.05) is 6.61 Å². The van der Waals surface area contributed by atoms with Crippen LogP contribution < -0.4 is 4.74 Å². The van der Waals surface area contributed by atoms with Crippen LogP contribution in [0, 0.1) is 6.92 Å². The van der Waals surface area contributed by atoms with E-state index in [1.165, 1.54) is 92.9 Å². The van der Waals surface area contributed by atoms with Crippen molar-refractivity contribution in [2.24, 2.45) is 0 Å². The fourth-order valence-corrected chi connectivity index (χ4v) is 8.80. The molecule has 0 saturated heterocycles. The minimum atomic E-state index is -0.389. The Bertz CT molecular complexity index is 1860. The van der Waals surface area contributed by atoms with Crippen molar-refractivity contribution < 1.29 is 18.7 Å². The van der Waals surface area contributed by atoms with Gasteiger partial charge in [-0.1, -0.05) is 148 Å². The number of unbranched alkanes of at least 4 members (excludes halogenated alkanes) is 11. The van der Waals surface area contributed by atoms with Gasteiger partial charge in [-0.2, -0.15) is 0 Å². The Balaban J connectivity index is 1.16.